The van der Waals surface area contributed by atoms with Crippen LogP contribution in [0.3, 0.4) is 0 Å². The molecule has 12 N–H and O–H groups in total. The van der Waals surface area contributed by atoms with Crippen LogP contribution < -0.4 is 5.32 Å². The second-order valence-electron chi connectivity index (χ2n) is 14.8. The summed E-state index contributed by atoms with van der Waals surface area (Å²) in [5.41, 5.74) is 0. The number of ether oxygens (including phenoxy) is 6. The first kappa shape index (κ1) is 48.2. The van der Waals surface area contributed by atoms with Crippen LogP contribution in [-0.4, -0.2) is 193 Å². The number of nitrogens with one attached hydrogen (secondary N) is 1. The van der Waals surface area contributed by atoms with Gasteiger partial charge in [0, 0.05) is 6.42 Å². The predicted molar refractivity (Wildman–Crippen MR) is 190 cm³/mol. The predicted octanol–water partition coefficient (Wildman–Crippen LogP) is -2.98. The van der Waals surface area contributed by atoms with Gasteiger partial charge in [-0.1, -0.05) is 71.6 Å². The molecule has 19 heteroatoms. The smallest absolute Gasteiger partial charge is 0.220 e. The van der Waals surface area contributed by atoms with E-state index in [0.717, 1.165) is 44.9 Å². The Kier molecular flexibility index (Phi) is 21.6. The van der Waals surface area contributed by atoms with Crippen LogP contribution >= 0.6 is 0 Å². The van der Waals surface area contributed by atoms with E-state index in [1.54, 1.807) is 0 Å². The summed E-state index contributed by atoms with van der Waals surface area (Å²) in [5, 5.41) is 118. The molecule has 17 atom stereocenters. The molecule has 0 aromatic carbocycles. The molecule has 3 aliphatic rings. The van der Waals surface area contributed by atoms with Crippen LogP contribution in [0.15, 0.2) is 0 Å². The fraction of sp³-hybridized carbons (Fsp3) is 0.972. The molecule has 3 rings (SSSR count). The third-order valence-electron chi connectivity index (χ3n) is 10.4. The second-order valence-corrected chi connectivity index (χ2v) is 14.8. The van der Waals surface area contributed by atoms with Crippen molar-refractivity contribution in [1.82, 2.24) is 5.32 Å². The van der Waals surface area contributed by atoms with Crippen molar-refractivity contribution in [3.63, 3.8) is 0 Å². The molecule has 1 amide bonds. The minimum Gasteiger partial charge on any atom is -0.394 e. The molecule has 0 radical (unpaired) electrons. The average molecular weight is 802 g/mol. The molecule has 0 aromatic heterocycles. The second kappa shape index (κ2) is 24.7. The van der Waals surface area contributed by atoms with Crippen molar-refractivity contribution in [3.05, 3.63) is 0 Å². The summed E-state index contributed by atoms with van der Waals surface area (Å²) < 4.78 is 33.7. The maximum atomic E-state index is 12.8. The molecule has 0 spiro atoms. The third-order valence-corrected chi connectivity index (χ3v) is 10.4. The zero-order valence-electron chi connectivity index (χ0n) is 31.9. The average Bonchev–Trinajstić information content (AvgIpc) is 3.17. The number of carbonyl (C=O) groups excluding carboxylic acids is 1. The summed E-state index contributed by atoms with van der Waals surface area (Å²) in [4.78, 5) is 12.8. The Morgan fingerprint density at radius 2 is 1.04 bits per heavy atom. The Hall–Kier alpha value is -1.21. The zero-order chi connectivity index (χ0) is 40.7. The molecule has 0 bridgehead atoms. The number of hydrogen-bond acceptors (Lipinski definition) is 18. The Bertz CT molecular complexity index is 1060. The number of aliphatic hydroxyl groups excluding tert-OH is 11. The summed E-state index contributed by atoms with van der Waals surface area (Å²) in [6.45, 7) is 1.47. The van der Waals surface area contributed by atoms with Gasteiger partial charge in [-0.2, -0.15) is 0 Å². The highest BCUT2D eigenvalue weighted by Gasteiger charge is 2.53. The Morgan fingerprint density at radius 1 is 0.582 bits per heavy atom. The summed E-state index contributed by atoms with van der Waals surface area (Å²) in [6, 6.07) is -0.871. The van der Waals surface area contributed by atoms with Gasteiger partial charge in [0.1, 0.15) is 73.2 Å². The SMILES string of the molecule is CCCCCCCCCC(=O)NC(COC1OC(CO)C(OC2OC(CO)C(OC3OC(CO)C(O)C(O)C3O)C(O)C2O)C(O)C1O)C(O)CCCCC. The highest BCUT2D eigenvalue weighted by Crippen LogP contribution is 2.32. The van der Waals surface area contributed by atoms with Gasteiger partial charge in [-0.25, -0.2) is 0 Å². The summed E-state index contributed by atoms with van der Waals surface area (Å²) in [6.07, 6.45) is -16.0. The van der Waals surface area contributed by atoms with E-state index in [1.807, 2.05) is 6.92 Å². The van der Waals surface area contributed by atoms with E-state index in [1.165, 1.54) is 6.42 Å². The quantitative estimate of drug-likeness (QED) is 0.0434. The molecular formula is C36H67NO18. The minimum absolute atomic E-state index is 0.264. The van der Waals surface area contributed by atoms with Gasteiger partial charge in [0.05, 0.1) is 38.6 Å². The number of amides is 1. The van der Waals surface area contributed by atoms with Gasteiger partial charge < -0.3 is 89.9 Å². The fourth-order valence-corrected chi connectivity index (χ4v) is 6.95. The largest absolute Gasteiger partial charge is 0.394 e. The summed E-state index contributed by atoms with van der Waals surface area (Å²) in [5.74, 6) is -0.265. The molecule has 3 saturated heterocycles. The van der Waals surface area contributed by atoms with Gasteiger partial charge in [0.2, 0.25) is 5.91 Å². The number of rotatable bonds is 24. The molecule has 55 heavy (non-hydrogen) atoms. The Labute approximate surface area is 322 Å². The van der Waals surface area contributed by atoms with Crippen molar-refractivity contribution in [1.29, 1.82) is 0 Å². The first-order chi connectivity index (χ1) is 26.3. The van der Waals surface area contributed by atoms with Gasteiger partial charge in [0.25, 0.3) is 0 Å². The van der Waals surface area contributed by atoms with Crippen molar-refractivity contribution in [2.45, 2.75) is 195 Å². The van der Waals surface area contributed by atoms with Crippen molar-refractivity contribution >= 4 is 5.91 Å². The molecule has 324 valence electrons. The first-order valence-electron chi connectivity index (χ1n) is 19.8. The normalized spacial score (nSPS) is 38.1. The maximum Gasteiger partial charge on any atom is 0.220 e. The third kappa shape index (κ3) is 13.7. The van der Waals surface area contributed by atoms with Crippen LogP contribution in [0.4, 0.5) is 0 Å². The number of unbranched alkanes of at least 4 members (excludes halogenated alkanes) is 8. The van der Waals surface area contributed by atoms with Crippen LogP contribution in [0, 0.1) is 0 Å². The molecule has 3 fully saturated rings. The van der Waals surface area contributed by atoms with Crippen LogP contribution in [0.5, 0.6) is 0 Å². The number of carbonyl (C=O) groups is 1. The summed E-state index contributed by atoms with van der Waals surface area (Å²) >= 11 is 0. The van der Waals surface area contributed by atoms with Crippen molar-refractivity contribution in [3.8, 4) is 0 Å². The van der Waals surface area contributed by atoms with E-state index in [4.69, 9.17) is 28.4 Å². The Balaban J connectivity index is 1.61. The topological polar surface area (TPSA) is 307 Å². The van der Waals surface area contributed by atoms with Gasteiger partial charge in [-0.05, 0) is 12.8 Å². The first-order valence-corrected chi connectivity index (χ1v) is 19.8. The van der Waals surface area contributed by atoms with E-state index in [-0.39, 0.29) is 18.9 Å². The van der Waals surface area contributed by atoms with Crippen molar-refractivity contribution < 1.29 is 89.4 Å². The van der Waals surface area contributed by atoms with Gasteiger partial charge in [-0.3, -0.25) is 4.79 Å². The lowest BCUT2D eigenvalue weighted by atomic mass is 9.96. The lowest BCUT2D eigenvalue weighted by Crippen LogP contribution is -2.66. The standard InChI is InChI=1S/C36H67NO18/c1-3-5-7-8-9-10-12-14-24(42)37-19(20(41)13-11-6-4-2)18-50-34-30(48)27(45)32(22(16-39)52-34)55-36-31(49)28(46)33(23(17-40)53-36)54-35-29(47)26(44)25(43)21(15-38)51-35/h19-23,25-36,38-41,43-49H,3-18H2,1-2H3,(H,37,42). The van der Waals surface area contributed by atoms with Crippen molar-refractivity contribution in [2.75, 3.05) is 26.4 Å². The molecule has 3 aliphatic heterocycles. The fourth-order valence-electron chi connectivity index (χ4n) is 6.95. The van der Waals surface area contributed by atoms with E-state index < -0.39 is 124 Å². The minimum atomic E-state index is -1.96. The van der Waals surface area contributed by atoms with Gasteiger partial charge in [0.15, 0.2) is 18.9 Å². The zero-order valence-corrected chi connectivity index (χ0v) is 31.9. The van der Waals surface area contributed by atoms with Crippen LogP contribution in [0.2, 0.25) is 0 Å². The molecule has 0 aromatic rings. The van der Waals surface area contributed by atoms with E-state index in [2.05, 4.69) is 12.2 Å². The maximum absolute atomic E-state index is 12.8. The molecule has 19 nitrogen and oxygen atoms in total. The van der Waals surface area contributed by atoms with Crippen LogP contribution in [0.1, 0.15) is 90.9 Å². The number of hydrogen-bond donors (Lipinski definition) is 12. The van der Waals surface area contributed by atoms with Gasteiger partial charge >= 0.3 is 0 Å². The van der Waals surface area contributed by atoms with Crippen LogP contribution in [-0.2, 0) is 33.2 Å². The molecule has 17 unspecified atom stereocenters. The monoisotopic (exact) mass is 801 g/mol. The van der Waals surface area contributed by atoms with Gasteiger partial charge in [-0.15, -0.1) is 0 Å². The molecular weight excluding hydrogens is 734 g/mol. The lowest BCUT2D eigenvalue weighted by Gasteiger charge is -2.48. The highest BCUT2D eigenvalue weighted by molar-refractivity contribution is 5.76. The van der Waals surface area contributed by atoms with E-state index >= 15 is 0 Å². The van der Waals surface area contributed by atoms with E-state index in [0.29, 0.717) is 19.3 Å². The lowest BCUT2D eigenvalue weighted by molar-refractivity contribution is -0.379. The Morgan fingerprint density at radius 3 is 1.58 bits per heavy atom. The molecule has 0 saturated carbocycles. The number of aliphatic hydroxyl groups is 11. The van der Waals surface area contributed by atoms with E-state index in [9.17, 15) is 61.0 Å². The van der Waals surface area contributed by atoms with Crippen molar-refractivity contribution in [2.24, 2.45) is 0 Å². The molecule has 3 heterocycles. The van der Waals surface area contributed by atoms with Crippen LogP contribution in [0.25, 0.3) is 0 Å². The highest BCUT2D eigenvalue weighted by atomic mass is 16.8. The molecule has 0 aliphatic carbocycles. The summed E-state index contributed by atoms with van der Waals surface area (Å²) in [7, 11) is 0.